The quantitative estimate of drug-likeness (QED) is 0.0187. The summed E-state index contributed by atoms with van der Waals surface area (Å²) in [4.78, 5) is 4.27. The van der Waals surface area contributed by atoms with Crippen LogP contribution in [0.5, 0.6) is 23.0 Å². The molecule has 4 atom stereocenters. The summed E-state index contributed by atoms with van der Waals surface area (Å²) in [6, 6.07) is 18.9. The van der Waals surface area contributed by atoms with Gasteiger partial charge < -0.3 is 60.6 Å². The number of aromatic nitrogens is 4. The van der Waals surface area contributed by atoms with E-state index in [1.807, 2.05) is 60.7 Å². The lowest BCUT2D eigenvalue weighted by Crippen LogP contribution is -2.27. The highest BCUT2D eigenvalue weighted by molar-refractivity contribution is 7.80. The standard InChI is InChI=1S/C41H40N8O8S12/c50-22(12-42-34-37(58)62-67-47-34)16-54-26-5-1-20-3-7-32(56-18-24(52)14-44-36-39(60)64-69-49-36)30(28(20)9-26)11-31-29-10-27(55-17-23(51)13-43-35-38(59)63-68-48-35)6-2-21(29)4-8-33(31)57-19-25(53)15-45-40-46-41(61)66-65-40/h1-10,22-25,50-53H,11-19H2,(H,42,47)(H,43,48)(H,44,49)(H,45,46,61). The maximum absolute atomic E-state index is 11.1. The third-order valence-electron chi connectivity index (χ3n) is 9.92. The van der Waals surface area contributed by atoms with Crippen molar-refractivity contribution >= 4 is 176 Å². The van der Waals surface area contributed by atoms with Crippen LogP contribution in [0.3, 0.4) is 0 Å². The molecule has 0 aliphatic carbocycles. The number of nitrogens with zero attached hydrogens (tertiary/aromatic N) is 4. The molecule has 364 valence electrons. The van der Waals surface area contributed by atoms with Crippen LogP contribution in [0.2, 0.25) is 0 Å². The van der Waals surface area contributed by atoms with E-state index < -0.39 is 24.4 Å². The molecule has 0 aliphatic heterocycles. The van der Waals surface area contributed by atoms with Crippen molar-refractivity contribution in [2.24, 2.45) is 0 Å². The van der Waals surface area contributed by atoms with E-state index in [9.17, 15) is 20.4 Å². The van der Waals surface area contributed by atoms with Gasteiger partial charge in [-0.25, -0.2) is 0 Å². The summed E-state index contributed by atoms with van der Waals surface area (Å²) in [5, 5.41) is 60.3. The molecule has 16 nitrogen and oxygen atoms in total. The number of anilines is 4. The molecule has 0 saturated carbocycles. The van der Waals surface area contributed by atoms with Crippen LogP contribution in [0, 0.1) is 15.4 Å². The first kappa shape index (κ1) is 51.8. The SMILES string of the molecule is OC(CNc1nssc1=S)COc1ccc2ccc(OCC(O)CNc3nc(=S)ss3)c(Cc3c(OCC(O)CNc4nssc4=S)ccc4ccc(OCC(O)CNc5nssc5=S)cc34)c2c1. The number of fused-ring (bicyclic) bond motifs is 2. The molecule has 8 rings (SSSR count). The van der Waals surface area contributed by atoms with Gasteiger partial charge in [0.25, 0.3) is 0 Å². The summed E-state index contributed by atoms with van der Waals surface area (Å²) >= 11 is 21.1. The first-order valence-electron chi connectivity index (χ1n) is 20.6. The summed E-state index contributed by atoms with van der Waals surface area (Å²) in [5.41, 5.74) is 1.50. The second-order valence-corrected chi connectivity index (χ2v) is 25.2. The Hall–Kier alpha value is -3.56. The molecular weight excluding hydrogens is 1120 g/mol. The van der Waals surface area contributed by atoms with Crippen molar-refractivity contribution in [2.75, 3.05) is 73.9 Å². The Morgan fingerprint density at radius 1 is 0.478 bits per heavy atom. The zero-order valence-corrected chi connectivity index (χ0v) is 45.4. The third kappa shape index (κ3) is 14.5. The maximum atomic E-state index is 11.1. The molecule has 0 spiro atoms. The molecule has 28 heteroatoms. The molecule has 0 aliphatic rings. The molecule has 69 heavy (non-hydrogen) atoms. The lowest BCUT2D eigenvalue weighted by molar-refractivity contribution is 0.116. The number of hydrogen-bond acceptors (Lipinski definition) is 28. The molecule has 8 aromatic rings. The van der Waals surface area contributed by atoms with Crippen LogP contribution in [0.15, 0.2) is 60.7 Å². The minimum atomic E-state index is -0.929. The summed E-state index contributed by atoms with van der Waals surface area (Å²) in [6.07, 6.45) is -3.35. The van der Waals surface area contributed by atoms with Crippen molar-refractivity contribution in [3.63, 3.8) is 0 Å². The fourth-order valence-corrected chi connectivity index (χ4v) is 13.9. The summed E-state index contributed by atoms with van der Waals surface area (Å²) < 4.78 is 40.4. The minimum Gasteiger partial charge on any atom is -0.491 e. The van der Waals surface area contributed by atoms with Crippen LogP contribution in [0.1, 0.15) is 11.1 Å². The summed E-state index contributed by atoms with van der Waals surface area (Å²) in [7, 11) is 10.7. The van der Waals surface area contributed by atoms with Gasteiger partial charge in [-0.05, 0) is 122 Å². The Bertz CT molecular complexity index is 3200. The number of aliphatic hydroxyl groups is 4. The summed E-state index contributed by atoms with van der Waals surface area (Å²) in [5.74, 6) is 3.67. The van der Waals surface area contributed by atoms with Gasteiger partial charge in [0.05, 0.1) is 0 Å². The zero-order chi connectivity index (χ0) is 48.3. The van der Waals surface area contributed by atoms with Crippen LogP contribution in [-0.2, 0) is 6.42 Å². The van der Waals surface area contributed by atoms with Crippen LogP contribution >= 0.6 is 132 Å². The second-order valence-electron chi connectivity index (χ2n) is 14.9. The molecular formula is C41H40N8O8S12. The summed E-state index contributed by atoms with van der Waals surface area (Å²) in [6.45, 7) is 0.544. The van der Waals surface area contributed by atoms with Crippen LogP contribution in [0.4, 0.5) is 22.6 Å². The normalized spacial score (nSPS) is 13.2. The molecule has 0 saturated heterocycles. The number of benzene rings is 4. The maximum Gasteiger partial charge on any atom is 0.194 e. The van der Waals surface area contributed by atoms with Gasteiger partial charge in [0, 0.05) is 75.3 Å². The van der Waals surface area contributed by atoms with E-state index >= 15 is 0 Å². The van der Waals surface area contributed by atoms with Gasteiger partial charge in [-0.3, -0.25) is 0 Å². The molecule has 0 fully saturated rings. The van der Waals surface area contributed by atoms with Crippen LogP contribution in [-0.4, -0.2) is 116 Å². The van der Waals surface area contributed by atoms with E-state index in [1.165, 1.54) is 83.3 Å². The number of aliphatic hydroxyl groups excluding tert-OH is 4. The predicted octanol–water partition coefficient (Wildman–Crippen LogP) is 9.98. The number of rotatable bonds is 26. The Balaban J connectivity index is 1.10. The van der Waals surface area contributed by atoms with E-state index in [0.717, 1.165) is 32.7 Å². The molecule has 0 radical (unpaired) electrons. The van der Waals surface area contributed by atoms with E-state index in [0.29, 0.717) is 61.0 Å². The first-order valence-corrected chi connectivity index (χ1v) is 30.7. The lowest BCUT2D eigenvalue weighted by Gasteiger charge is -2.21. The Morgan fingerprint density at radius 2 is 0.870 bits per heavy atom. The number of ether oxygens (including phenoxy) is 4. The van der Waals surface area contributed by atoms with E-state index in [1.54, 1.807) is 0 Å². The molecule has 0 bridgehead atoms. The van der Waals surface area contributed by atoms with Crippen LogP contribution in [0.25, 0.3) is 21.5 Å². The average molecular weight is 1160 g/mol. The average Bonchev–Trinajstić information content (AvgIpc) is 4.18. The Labute approximate surface area is 444 Å². The molecule has 4 aromatic carbocycles. The predicted molar refractivity (Wildman–Crippen MR) is 294 cm³/mol. The molecule has 8 N–H and O–H groups in total. The number of nitrogens with one attached hydrogen (secondary N) is 4. The lowest BCUT2D eigenvalue weighted by atomic mass is 9.93. The van der Waals surface area contributed by atoms with Crippen molar-refractivity contribution in [3.05, 3.63) is 87.2 Å². The van der Waals surface area contributed by atoms with Gasteiger partial charge in [-0.2, -0.15) is 18.1 Å². The number of hydrogen-bond donors (Lipinski definition) is 8. The van der Waals surface area contributed by atoms with Gasteiger partial charge >= 0.3 is 0 Å². The smallest absolute Gasteiger partial charge is 0.194 e. The largest absolute Gasteiger partial charge is 0.491 e. The molecule has 4 heterocycles. The van der Waals surface area contributed by atoms with E-state index in [2.05, 4.69) is 39.4 Å². The zero-order valence-electron chi connectivity index (χ0n) is 35.6. The van der Waals surface area contributed by atoms with Crippen molar-refractivity contribution in [2.45, 2.75) is 30.8 Å². The molecule has 4 aromatic heterocycles. The fraction of sp³-hybridized carbons (Fsp3) is 0.317. The third-order valence-corrected chi connectivity index (χ3v) is 19.6. The van der Waals surface area contributed by atoms with Crippen LogP contribution < -0.4 is 40.2 Å². The van der Waals surface area contributed by atoms with E-state index in [-0.39, 0.29) is 59.0 Å². The van der Waals surface area contributed by atoms with Crippen molar-refractivity contribution < 1.29 is 39.4 Å². The Morgan fingerprint density at radius 3 is 1.25 bits per heavy atom. The first-order chi connectivity index (χ1) is 33.4. The highest BCUT2D eigenvalue weighted by atomic mass is 32.9. The van der Waals surface area contributed by atoms with Crippen molar-refractivity contribution in [1.82, 2.24) is 18.1 Å². The Kier molecular flexibility index (Phi) is 18.9. The second kappa shape index (κ2) is 25.2. The van der Waals surface area contributed by atoms with Gasteiger partial charge in [-0.15, -0.1) is 0 Å². The van der Waals surface area contributed by atoms with Gasteiger partial charge in [0.15, 0.2) is 26.5 Å². The molecule has 4 unspecified atom stereocenters. The minimum absolute atomic E-state index is 0.0144. The van der Waals surface area contributed by atoms with Gasteiger partial charge in [0.1, 0.15) is 85.3 Å². The molecule has 0 amide bonds. The van der Waals surface area contributed by atoms with Crippen molar-refractivity contribution in [3.8, 4) is 23.0 Å². The monoisotopic (exact) mass is 1160 g/mol. The van der Waals surface area contributed by atoms with E-state index in [4.69, 9.17) is 67.8 Å². The highest BCUT2D eigenvalue weighted by Crippen LogP contribution is 2.39. The topological polar surface area (TPSA) is 218 Å². The van der Waals surface area contributed by atoms with Gasteiger partial charge in [0.2, 0.25) is 0 Å². The van der Waals surface area contributed by atoms with Gasteiger partial charge in [-0.1, -0.05) is 60.9 Å². The van der Waals surface area contributed by atoms with Crippen molar-refractivity contribution in [1.29, 1.82) is 0 Å². The highest BCUT2D eigenvalue weighted by Gasteiger charge is 2.20. The fourth-order valence-electron chi connectivity index (χ4n) is 6.59.